The zero-order chi connectivity index (χ0) is 18.3. The molecule has 1 aliphatic heterocycles. The van der Waals surface area contributed by atoms with Gasteiger partial charge < -0.3 is 9.15 Å². The molecule has 1 fully saturated rings. The molecule has 0 bridgehead atoms. The number of morpholine rings is 1. The summed E-state index contributed by atoms with van der Waals surface area (Å²) in [6.07, 6.45) is -0.181. The fourth-order valence-electron chi connectivity index (χ4n) is 3.37. The topological polar surface area (TPSA) is 86.3 Å². The number of fused-ring (bicyclic) bond motifs is 1. The number of hydrogen-bond acceptors (Lipinski definition) is 7. The van der Waals surface area contributed by atoms with Crippen LogP contribution in [0, 0.1) is 13.8 Å². The van der Waals surface area contributed by atoms with Crippen LogP contribution in [0.2, 0.25) is 0 Å². The van der Waals surface area contributed by atoms with Crippen LogP contribution in [0.5, 0.6) is 0 Å². The van der Waals surface area contributed by atoms with Crippen LogP contribution < -0.4 is 5.63 Å². The third-order valence-electron chi connectivity index (χ3n) is 4.93. The van der Waals surface area contributed by atoms with Gasteiger partial charge in [-0.15, -0.1) is 5.10 Å². The Kier molecular flexibility index (Phi) is 4.29. The maximum absolute atomic E-state index is 12.0. The minimum Gasteiger partial charge on any atom is -0.423 e. The Labute approximate surface area is 150 Å². The van der Waals surface area contributed by atoms with Crippen LogP contribution >= 0.6 is 0 Å². The second-order valence-electron chi connectivity index (χ2n) is 6.78. The van der Waals surface area contributed by atoms with Gasteiger partial charge in [0.05, 0.1) is 6.61 Å². The summed E-state index contributed by atoms with van der Waals surface area (Å²) < 4.78 is 12.9. The van der Waals surface area contributed by atoms with Crippen molar-refractivity contribution in [3.05, 3.63) is 51.1 Å². The average molecular weight is 355 g/mol. The number of aryl methyl sites for hydroxylation is 3. The summed E-state index contributed by atoms with van der Waals surface area (Å²) in [5.41, 5.74) is 3.57. The molecule has 0 amide bonds. The third-order valence-corrected chi connectivity index (χ3v) is 4.93. The highest BCUT2D eigenvalue weighted by Gasteiger charge is 2.26. The highest BCUT2D eigenvalue weighted by molar-refractivity contribution is 5.81. The van der Waals surface area contributed by atoms with Crippen LogP contribution in [0.4, 0.5) is 0 Å². The maximum Gasteiger partial charge on any atom is 0.336 e. The molecule has 2 aromatic heterocycles. The van der Waals surface area contributed by atoms with Gasteiger partial charge in [0.15, 0.2) is 5.82 Å². The number of nitrogens with zero attached hydrogens (tertiary/aromatic N) is 5. The van der Waals surface area contributed by atoms with Gasteiger partial charge in [-0.3, -0.25) is 4.90 Å². The number of rotatable bonds is 3. The minimum atomic E-state index is -0.321. The van der Waals surface area contributed by atoms with Gasteiger partial charge in [0.1, 0.15) is 11.7 Å². The third kappa shape index (κ3) is 3.13. The first-order valence-corrected chi connectivity index (χ1v) is 8.61. The van der Waals surface area contributed by atoms with Crippen LogP contribution in [0.1, 0.15) is 28.6 Å². The van der Waals surface area contributed by atoms with Gasteiger partial charge in [-0.1, -0.05) is 0 Å². The molecule has 136 valence electrons. The van der Waals surface area contributed by atoms with Gasteiger partial charge >= 0.3 is 5.63 Å². The normalized spacial score (nSPS) is 18.5. The lowest BCUT2D eigenvalue weighted by molar-refractivity contribution is -0.0388. The number of aromatic nitrogens is 4. The van der Waals surface area contributed by atoms with Crippen molar-refractivity contribution < 1.29 is 9.15 Å². The van der Waals surface area contributed by atoms with E-state index in [2.05, 4.69) is 33.4 Å². The van der Waals surface area contributed by atoms with Crippen molar-refractivity contribution in [1.82, 2.24) is 25.1 Å². The Bertz CT molecular complexity index is 1010. The van der Waals surface area contributed by atoms with E-state index in [0.29, 0.717) is 31.1 Å². The predicted octanol–water partition coefficient (Wildman–Crippen LogP) is 1.51. The summed E-state index contributed by atoms with van der Waals surface area (Å²) >= 11 is 0. The van der Waals surface area contributed by atoms with Crippen molar-refractivity contribution in [2.75, 3.05) is 19.7 Å². The number of ether oxygens (including phenoxy) is 1. The van der Waals surface area contributed by atoms with E-state index < -0.39 is 0 Å². The van der Waals surface area contributed by atoms with Gasteiger partial charge in [-0.2, -0.15) is 0 Å². The van der Waals surface area contributed by atoms with E-state index in [4.69, 9.17) is 9.15 Å². The highest BCUT2D eigenvalue weighted by atomic mass is 16.5. The summed E-state index contributed by atoms with van der Waals surface area (Å²) in [4.78, 5) is 14.3. The smallest absolute Gasteiger partial charge is 0.336 e. The monoisotopic (exact) mass is 355 g/mol. The molecule has 4 rings (SSSR count). The second-order valence-corrected chi connectivity index (χ2v) is 6.78. The van der Waals surface area contributed by atoms with E-state index in [-0.39, 0.29) is 11.7 Å². The van der Waals surface area contributed by atoms with Gasteiger partial charge in [0.2, 0.25) is 0 Å². The summed E-state index contributed by atoms with van der Waals surface area (Å²) in [5, 5.41) is 12.6. The van der Waals surface area contributed by atoms with Crippen LogP contribution in [0.25, 0.3) is 11.0 Å². The SMILES string of the molecule is Cc1cc2oc(=O)cc(CN3CCOC(c4nnnn4C)C3)c2cc1C. The van der Waals surface area contributed by atoms with Crippen LogP contribution in [0.3, 0.4) is 0 Å². The summed E-state index contributed by atoms with van der Waals surface area (Å²) in [5.74, 6) is 0.707. The standard InChI is InChI=1S/C18H21N5O3/c1-11-6-14-13(8-17(24)26-15(14)7-12(11)2)9-23-4-5-25-16(10-23)18-19-20-21-22(18)3/h6-8,16H,4-5,9-10H2,1-3H3. The van der Waals surface area contributed by atoms with E-state index in [1.54, 1.807) is 17.8 Å². The van der Waals surface area contributed by atoms with E-state index in [1.807, 2.05) is 13.0 Å². The van der Waals surface area contributed by atoms with E-state index in [0.717, 1.165) is 23.1 Å². The predicted molar refractivity (Wildman–Crippen MR) is 94.7 cm³/mol. The molecule has 8 heteroatoms. The lowest BCUT2D eigenvalue weighted by Crippen LogP contribution is -2.38. The summed E-state index contributed by atoms with van der Waals surface area (Å²) in [6.45, 7) is 6.78. The Hall–Kier alpha value is -2.58. The van der Waals surface area contributed by atoms with E-state index in [9.17, 15) is 4.79 Å². The number of tetrazole rings is 1. The molecule has 1 aliphatic rings. The molecule has 0 aliphatic carbocycles. The van der Waals surface area contributed by atoms with Crippen molar-refractivity contribution >= 4 is 11.0 Å². The summed E-state index contributed by atoms with van der Waals surface area (Å²) in [6, 6.07) is 5.61. The zero-order valence-corrected chi connectivity index (χ0v) is 15.1. The van der Waals surface area contributed by atoms with Crippen LogP contribution in [-0.2, 0) is 18.3 Å². The van der Waals surface area contributed by atoms with Crippen molar-refractivity contribution in [2.45, 2.75) is 26.5 Å². The van der Waals surface area contributed by atoms with E-state index in [1.165, 1.54) is 5.56 Å². The largest absolute Gasteiger partial charge is 0.423 e. The molecule has 0 spiro atoms. The van der Waals surface area contributed by atoms with Crippen molar-refractivity contribution in [2.24, 2.45) is 7.05 Å². The molecule has 0 N–H and O–H groups in total. The molecule has 1 unspecified atom stereocenters. The first kappa shape index (κ1) is 16.9. The Morgan fingerprint density at radius 1 is 1.23 bits per heavy atom. The van der Waals surface area contributed by atoms with Crippen molar-refractivity contribution in [3.8, 4) is 0 Å². The maximum atomic E-state index is 12.0. The molecule has 3 heterocycles. The highest BCUT2D eigenvalue weighted by Crippen LogP contribution is 2.25. The molecule has 1 aromatic carbocycles. The number of hydrogen-bond donors (Lipinski definition) is 0. The molecule has 3 aromatic rings. The Balaban J connectivity index is 1.63. The van der Waals surface area contributed by atoms with Crippen molar-refractivity contribution in [3.63, 3.8) is 0 Å². The quantitative estimate of drug-likeness (QED) is 0.658. The first-order chi connectivity index (χ1) is 12.5. The lowest BCUT2D eigenvalue weighted by atomic mass is 10.0. The summed E-state index contributed by atoms with van der Waals surface area (Å²) in [7, 11) is 1.80. The molecule has 0 saturated carbocycles. The van der Waals surface area contributed by atoms with Gasteiger partial charge in [-0.05, 0) is 53.1 Å². The Morgan fingerprint density at radius 2 is 2.04 bits per heavy atom. The fraction of sp³-hybridized carbons (Fsp3) is 0.444. The lowest BCUT2D eigenvalue weighted by Gasteiger charge is -2.32. The first-order valence-electron chi connectivity index (χ1n) is 8.61. The van der Waals surface area contributed by atoms with Crippen molar-refractivity contribution in [1.29, 1.82) is 0 Å². The molecular weight excluding hydrogens is 334 g/mol. The van der Waals surface area contributed by atoms with Crippen LogP contribution in [-0.4, -0.2) is 44.8 Å². The van der Waals surface area contributed by atoms with E-state index >= 15 is 0 Å². The zero-order valence-electron chi connectivity index (χ0n) is 15.1. The molecule has 1 atom stereocenters. The molecular formula is C18H21N5O3. The second kappa shape index (κ2) is 6.62. The molecule has 0 radical (unpaired) electrons. The van der Waals surface area contributed by atoms with Gasteiger partial charge in [0, 0.05) is 38.1 Å². The average Bonchev–Trinajstić information content (AvgIpc) is 3.03. The molecule has 8 nitrogen and oxygen atoms in total. The van der Waals surface area contributed by atoms with Gasteiger partial charge in [0.25, 0.3) is 0 Å². The molecule has 1 saturated heterocycles. The number of benzene rings is 1. The fourth-order valence-corrected chi connectivity index (χ4v) is 3.37. The molecule has 26 heavy (non-hydrogen) atoms. The van der Waals surface area contributed by atoms with Gasteiger partial charge in [-0.25, -0.2) is 9.48 Å². The Morgan fingerprint density at radius 3 is 2.81 bits per heavy atom. The minimum absolute atomic E-state index is 0.181. The van der Waals surface area contributed by atoms with Crippen LogP contribution in [0.15, 0.2) is 27.4 Å².